The molecular weight excluding hydrogens is 248 g/mol. The molecular formula is C14H19ClN2O. The van der Waals surface area contributed by atoms with Crippen LogP contribution in [0.3, 0.4) is 0 Å². The lowest BCUT2D eigenvalue weighted by Crippen LogP contribution is -2.36. The van der Waals surface area contributed by atoms with Crippen LogP contribution >= 0.6 is 11.6 Å². The van der Waals surface area contributed by atoms with E-state index in [1.165, 1.54) is 0 Å². The van der Waals surface area contributed by atoms with Crippen LogP contribution in [0.5, 0.6) is 0 Å². The van der Waals surface area contributed by atoms with Gasteiger partial charge in [0.25, 0.3) is 0 Å². The van der Waals surface area contributed by atoms with Crippen molar-refractivity contribution in [3.05, 3.63) is 34.9 Å². The normalized spacial score (nSPS) is 16.7. The summed E-state index contributed by atoms with van der Waals surface area (Å²) in [6.45, 7) is 0.775. The van der Waals surface area contributed by atoms with E-state index in [0.29, 0.717) is 6.42 Å². The molecule has 3 nitrogen and oxygen atoms in total. The summed E-state index contributed by atoms with van der Waals surface area (Å²) >= 11 is 6.00. The fourth-order valence-electron chi connectivity index (χ4n) is 2.05. The van der Waals surface area contributed by atoms with Crippen LogP contribution in [0.25, 0.3) is 0 Å². The number of amides is 1. The third kappa shape index (κ3) is 3.24. The van der Waals surface area contributed by atoms with E-state index in [9.17, 15) is 4.79 Å². The van der Waals surface area contributed by atoms with Crippen LogP contribution in [-0.2, 0) is 10.3 Å². The molecule has 98 valence electrons. The van der Waals surface area contributed by atoms with Gasteiger partial charge in [-0.25, -0.2) is 0 Å². The average molecular weight is 267 g/mol. The summed E-state index contributed by atoms with van der Waals surface area (Å²) in [6, 6.07) is 7.77. The van der Waals surface area contributed by atoms with Gasteiger partial charge in [-0.15, -0.1) is 0 Å². The average Bonchev–Trinajstić information content (AvgIpc) is 3.07. The number of halogens is 1. The van der Waals surface area contributed by atoms with Crippen LogP contribution in [-0.4, -0.2) is 31.4 Å². The Morgan fingerprint density at radius 2 is 2.17 bits per heavy atom. The van der Waals surface area contributed by atoms with E-state index >= 15 is 0 Å². The van der Waals surface area contributed by atoms with Crippen molar-refractivity contribution >= 4 is 17.5 Å². The van der Waals surface area contributed by atoms with Crippen LogP contribution in [0.2, 0.25) is 5.02 Å². The Hall–Kier alpha value is -1.06. The number of rotatable bonds is 5. The van der Waals surface area contributed by atoms with Crippen LogP contribution in [0, 0.1) is 0 Å². The highest BCUT2D eigenvalue weighted by atomic mass is 35.5. The van der Waals surface area contributed by atoms with Crippen molar-refractivity contribution in [1.82, 2.24) is 10.2 Å². The quantitative estimate of drug-likeness (QED) is 0.888. The predicted octanol–water partition coefficient (Wildman–Crippen LogP) is 2.40. The minimum absolute atomic E-state index is 0.112. The van der Waals surface area contributed by atoms with Crippen molar-refractivity contribution in [3.8, 4) is 0 Å². The number of carbonyl (C=O) groups is 1. The zero-order valence-corrected chi connectivity index (χ0v) is 11.6. The van der Waals surface area contributed by atoms with Crippen molar-refractivity contribution < 1.29 is 4.79 Å². The van der Waals surface area contributed by atoms with E-state index in [2.05, 4.69) is 5.32 Å². The van der Waals surface area contributed by atoms with Gasteiger partial charge in [-0.3, -0.25) is 4.79 Å². The molecule has 0 heterocycles. The van der Waals surface area contributed by atoms with Crippen molar-refractivity contribution in [2.24, 2.45) is 0 Å². The predicted molar refractivity (Wildman–Crippen MR) is 73.7 cm³/mol. The van der Waals surface area contributed by atoms with E-state index in [-0.39, 0.29) is 11.4 Å². The highest BCUT2D eigenvalue weighted by molar-refractivity contribution is 6.30. The van der Waals surface area contributed by atoms with Gasteiger partial charge in [-0.1, -0.05) is 23.7 Å². The maximum atomic E-state index is 11.9. The fourth-order valence-corrected chi connectivity index (χ4v) is 2.24. The van der Waals surface area contributed by atoms with Crippen LogP contribution < -0.4 is 5.32 Å². The number of benzene rings is 1. The van der Waals surface area contributed by atoms with E-state index in [1.807, 2.05) is 43.3 Å². The second kappa shape index (κ2) is 5.29. The molecule has 0 bridgehead atoms. The summed E-state index contributed by atoms with van der Waals surface area (Å²) in [5.74, 6) is 0.112. The Kier molecular flexibility index (Phi) is 3.93. The van der Waals surface area contributed by atoms with Gasteiger partial charge in [0.05, 0.1) is 5.54 Å². The SMILES string of the molecule is CN(C)CCC(=O)NC1(c2cccc(Cl)c2)CC1. The van der Waals surface area contributed by atoms with E-state index in [4.69, 9.17) is 11.6 Å². The first-order chi connectivity index (χ1) is 8.52. The van der Waals surface area contributed by atoms with Gasteiger partial charge in [-0.05, 0) is 44.6 Å². The zero-order valence-electron chi connectivity index (χ0n) is 10.9. The Balaban J connectivity index is 1.98. The van der Waals surface area contributed by atoms with Gasteiger partial charge < -0.3 is 10.2 Å². The first kappa shape index (κ1) is 13.4. The molecule has 1 saturated carbocycles. The largest absolute Gasteiger partial charge is 0.347 e. The maximum Gasteiger partial charge on any atom is 0.221 e. The molecule has 0 atom stereocenters. The first-order valence-electron chi connectivity index (χ1n) is 6.24. The molecule has 0 saturated heterocycles. The van der Waals surface area contributed by atoms with E-state index in [0.717, 1.165) is 30.0 Å². The maximum absolute atomic E-state index is 11.9. The van der Waals surface area contributed by atoms with Gasteiger partial charge >= 0.3 is 0 Å². The van der Waals surface area contributed by atoms with Crippen molar-refractivity contribution in [2.45, 2.75) is 24.8 Å². The number of nitrogens with one attached hydrogen (secondary N) is 1. The minimum atomic E-state index is -0.158. The second-order valence-corrected chi connectivity index (χ2v) is 5.63. The Morgan fingerprint density at radius 3 is 2.72 bits per heavy atom. The topological polar surface area (TPSA) is 32.3 Å². The van der Waals surface area contributed by atoms with Crippen molar-refractivity contribution in [2.75, 3.05) is 20.6 Å². The molecule has 0 aliphatic heterocycles. The van der Waals surface area contributed by atoms with Crippen LogP contribution in [0.1, 0.15) is 24.8 Å². The molecule has 1 aromatic carbocycles. The number of nitrogens with zero attached hydrogens (tertiary/aromatic N) is 1. The summed E-state index contributed by atoms with van der Waals surface area (Å²) in [5, 5.41) is 3.87. The molecule has 1 fully saturated rings. The molecule has 1 aliphatic carbocycles. The Morgan fingerprint density at radius 1 is 1.44 bits per heavy atom. The monoisotopic (exact) mass is 266 g/mol. The standard InChI is InChI=1S/C14H19ClN2O/c1-17(2)9-6-13(18)16-14(7-8-14)11-4-3-5-12(15)10-11/h3-5,10H,6-9H2,1-2H3,(H,16,18). The fraction of sp³-hybridized carbons (Fsp3) is 0.500. The second-order valence-electron chi connectivity index (χ2n) is 5.19. The summed E-state index contributed by atoms with van der Waals surface area (Å²) < 4.78 is 0. The van der Waals surface area contributed by atoms with Gasteiger partial charge in [0.2, 0.25) is 5.91 Å². The summed E-state index contributed by atoms with van der Waals surface area (Å²) in [7, 11) is 3.94. The third-order valence-electron chi connectivity index (χ3n) is 3.29. The van der Waals surface area contributed by atoms with Gasteiger partial charge in [0, 0.05) is 18.0 Å². The lowest BCUT2D eigenvalue weighted by Gasteiger charge is -2.19. The molecule has 18 heavy (non-hydrogen) atoms. The molecule has 2 rings (SSSR count). The summed E-state index contributed by atoms with van der Waals surface area (Å²) in [5.41, 5.74) is 0.960. The van der Waals surface area contributed by atoms with Crippen molar-refractivity contribution in [1.29, 1.82) is 0 Å². The highest BCUT2D eigenvalue weighted by Gasteiger charge is 2.45. The van der Waals surface area contributed by atoms with Crippen molar-refractivity contribution in [3.63, 3.8) is 0 Å². The zero-order chi connectivity index (χ0) is 13.2. The molecule has 1 aliphatic rings. The molecule has 1 N–H and O–H groups in total. The van der Waals surface area contributed by atoms with Gasteiger partial charge in [-0.2, -0.15) is 0 Å². The van der Waals surface area contributed by atoms with E-state index < -0.39 is 0 Å². The third-order valence-corrected chi connectivity index (χ3v) is 3.53. The smallest absolute Gasteiger partial charge is 0.221 e. The summed E-state index contributed by atoms with van der Waals surface area (Å²) in [6.07, 6.45) is 2.54. The molecule has 0 spiro atoms. The van der Waals surface area contributed by atoms with Crippen LogP contribution in [0.15, 0.2) is 24.3 Å². The number of hydrogen-bond donors (Lipinski definition) is 1. The molecule has 1 amide bonds. The lowest BCUT2D eigenvalue weighted by atomic mass is 10.0. The lowest BCUT2D eigenvalue weighted by molar-refractivity contribution is -0.122. The first-order valence-corrected chi connectivity index (χ1v) is 6.61. The Bertz CT molecular complexity index is 441. The molecule has 1 aromatic rings. The minimum Gasteiger partial charge on any atom is -0.347 e. The molecule has 4 heteroatoms. The molecule has 0 aromatic heterocycles. The molecule has 0 radical (unpaired) electrons. The van der Waals surface area contributed by atoms with Gasteiger partial charge in [0.1, 0.15) is 0 Å². The van der Waals surface area contributed by atoms with Gasteiger partial charge in [0.15, 0.2) is 0 Å². The Labute approximate surface area is 113 Å². The molecule has 0 unspecified atom stereocenters. The summed E-state index contributed by atoms with van der Waals surface area (Å²) in [4.78, 5) is 13.9. The highest BCUT2D eigenvalue weighted by Crippen LogP contribution is 2.46. The van der Waals surface area contributed by atoms with Crippen LogP contribution in [0.4, 0.5) is 0 Å². The van der Waals surface area contributed by atoms with E-state index in [1.54, 1.807) is 0 Å². The number of hydrogen-bond acceptors (Lipinski definition) is 2. The number of carbonyl (C=O) groups excluding carboxylic acids is 1.